The lowest BCUT2D eigenvalue weighted by atomic mass is 10.2. The largest absolute Gasteiger partial charge is 0.510 e. The summed E-state index contributed by atoms with van der Waals surface area (Å²) in [4.78, 5) is 23.8. The molecule has 1 amide bonds. The lowest BCUT2D eigenvalue weighted by Gasteiger charge is -2.05. The number of hydrogen-bond donors (Lipinski definition) is 2. The fraction of sp³-hybridized carbons (Fsp3) is 0.158. The van der Waals surface area contributed by atoms with Crippen LogP contribution in [-0.4, -0.2) is 23.6 Å². The lowest BCUT2D eigenvalue weighted by Crippen LogP contribution is -2.11. The van der Waals surface area contributed by atoms with Crippen LogP contribution >= 0.6 is 0 Å². The van der Waals surface area contributed by atoms with E-state index in [-0.39, 0.29) is 24.0 Å². The summed E-state index contributed by atoms with van der Waals surface area (Å²) < 4.78 is 4.80. The van der Waals surface area contributed by atoms with Crippen molar-refractivity contribution in [3.05, 3.63) is 71.6 Å². The quantitative estimate of drug-likeness (QED) is 0.348. The molecule has 134 valence electrons. The summed E-state index contributed by atoms with van der Waals surface area (Å²) in [5.41, 5.74) is 1.34. The maximum absolute atomic E-state index is 12.1. The molecule has 2 aromatic carbocycles. The molecule has 0 atom stereocenters. The van der Waals surface area contributed by atoms with Gasteiger partial charge in [0, 0.05) is 11.3 Å². The SMILES string of the molecule is CCOC(=O)/C(N=Nc1ccc(NC(=O)c2ccccc2)cc1)=C(\C)O. The topological polar surface area (TPSA) is 100 Å². The van der Waals surface area contributed by atoms with E-state index in [9.17, 15) is 14.7 Å². The second kappa shape index (κ2) is 9.12. The Hall–Kier alpha value is -3.48. The Bertz CT molecular complexity index is 824. The number of aliphatic hydroxyl groups is 1. The Morgan fingerprint density at radius 2 is 1.73 bits per heavy atom. The van der Waals surface area contributed by atoms with Crippen LogP contribution in [0.25, 0.3) is 0 Å². The third kappa shape index (κ3) is 5.27. The molecule has 0 radical (unpaired) electrons. The van der Waals surface area contributed by atoms with Gasteiger partial charge in [-0.25, -0.2) is 4.79 Å². The summed E-state index contributed by atoms with van der Waals surface area (Å²) in [7, 11) is 0. The highest BCUT2D eigenvalue weighted by atomic mass is 16.5. The van der Waals surface area contributed by atoms with Crippen LogP contribution in [0.1, 0.15) is 24.2 Å². The Labute approximate surface area is 151 Å². The lowest BCUT2D eigenvalue weighted by molar-refractivity contribution is -0.138. The van der Waals surface area contributed by atoms with Crippen molar-refractivity contribution in [3.63, 3.8) is 0 Å². The van der Waals surface area contributed by atoms with Crippen molar-refractivity contribution in [3.8, 4) is 0 Å². The van der Waals surface area contributed by atoms with Gasteiger partial charge in [0.1, 0.15) is 5.76 Å². The number of amides is 1. The van der Waals surface area contributed by atoms with Crippen LogP contribution < -0.4 is 5.32 Å². The van der Waals surface area contributed by atoms with E-state index in [1.807, 2.05) is 6.07 Å². The number of anilines is 1. The second-order valence-electron chi connectivity index (χ2n) is 5.22. The summed E-state index contributed by atoms with van der Waals surface area (Å²) in [5, 5.41) is 19.9. The Kier molecular flexibility index (Phi) is 6.61. The zero-order chi connectivity index (χ0) is 18.9. The predicted octanol–water partition coefficient (Wildman–Crippen LogP) is 4.38. The zero-order valence-corrected chi connectivity index (χ0v) is 14.5. The fourth-order valence-corrected chi connectivity index (χ4v) is 1.97. The van der Waals surface area contributed by atoms with E-state index in [4.69, 9.17) is 4.74 Å². The molecule has 0 saturated carbocycles. The summed E-state index contributed by atoms with van der Waals surface area (Å²) in [6.07, 6.45) is 0. The molecule has 2 aromatic rings. The zero-order valence-electron chi connectivity index (χ0n) is 14.5. The average molecular weight is 353 g/mol. The molecule has 7 heteroatoms. The molecule has 0 aliphatic heterocycles. The van der Waals surface area contributed by atoms with Crippen molar-refractivity contribution < 1.29 is 19.4 Å². The normalized spacial score (nSPS) is 11.8. The Morgan fingerprint density at radius 3 is 2.31 bits per heavy atom. The van der Waals surface area contributed by atoms with Crippen molar-refractivity contribution in [2.45, 2.75) is 13.8 Å². The van der Waals surface area contributed by atoms with Gasteiger partial charge in [0.15, 0.2) is 0 Å². The van der Waals surface area contributed by atoms with Crippen LogP contribution in [0.3, 0.4) is 0 Å². The van der Waals surface area contributed by atoms with Gasteiger partial charge in [-0.2, -0.15) is 5.11 Å². The molecule has 0 fully saturated rings. The highest BCUT2D eigenvalue weighted by molar-refractivity contribution is 6.04. The number of esters is 1. The monoisotopic (exact) mass is 353 g/mol. The number of hydrogen-bond acceptors (Lipinski definition) is 6. The third-order valence-corrected chi connectivity index (χ3v) is 3.24. The molecule has 0 aliphatic carbocycles. The number of allylic oxidation sites excluding steroid dienone is 1. The molecule has 0 heterocycles. The molecule has 0 spiro atoms. The first-order chi connectivity index (χ1) is 12.5. The van der Waals surface area contributed by atoms with Gasteiger partial charge in [-0.15, -0.1) is 5.11 Å². The van der Waals surface area contributed by atoms with E-state index in [1.54, 1.807) is 55.5 Å². The molecule has 2 N–H and O–H groups in total. The van der Waals surface area contributed by atoms with Gasteiger partial charge in [-0.3, -0.25) is 4.79 Å². The maximum atomic E-state index is 12.1. The summed E-state index contributed by atoms with van der Waals surface area (Å²) in [6.45, 7) is 3.15. The van der Waals surface area contributed by atoms with Crippen molar-refractivity contribution in [2.24, 2.45) is 10.2 Å². The number of benzene rings is 2. The average Bonchev–Trinajstić information content (AvgIpc) is 2.64. The molecule has 26 heavy (non-hydrogen) atoms. The molecule has 0 aromatic heterocycles. The molecule has 2 rings (SSSR count). The van der Waals surface area contributed by atoms with Crippen molar-refractivity contribution in [1.82, 2.24) is 0 Å². The molecule has 0 aliphatic rings. The number of carbonyl (C=O) groups is 2. The standard InChI is InChI=1S/C19H19N3O4/c1-3-26-19(25)17(13(2)23)22-21-16-11-9-15(10-12-16)20-18(24)14-7-5-4-6-8-14/h4-12,23H,3H2,1-2H3,(H,20,24)/b17-13-,22-21?. The van der Waals surface area contributed by atoms with Crippen LogP contribution in [0.4, 0.5) is 11.4 Å². The maximum Gasteiger partial charge on any atom is 0.362 e. The van der Waals surface area contributed by atoms with Crippen LogP contribution in [0, 0.1) is 0 Å². The number of nitrogens with one attached hydrogen (secondary N) is 1. The predicted molar refractivity (Wildman–Crippen MR) is 97.3 cm³/mol. The summed E-state index contributed by atoms with van der Waals surface area (Å²) in [6, 6.07) is 15.4. The van der Waals surface area contributed by atoms with Crippen LogP contribution in [0.2, 0.25) is 0 Å². The van der Waals surface area contributed by atoms with Gasteiger partial charge in [0.25, 0.3) is 5.91 Å². The number of carbonyl (C=O) groups excluding carboxylic acids is 2. The van der Waals surface area contributed by atoms with E-state index in [0.717, 1.165) is 0 Å². The first-order valence-electron chi connectivity index (χ1n) is 7.96. The van der Waals surface area contributed by atoms with E-state index in [2.05, 4.69) is 15.5 Å². The fourth-order valence-electron chi connectivity index (χ4n) is 1.97. The smallest absolute Gasteiger partial charge is 0.362 e. The van der Waals surface area contributed by atoms with Gasteiger partial charge in [0.2, 0.25) is 5.70 Å². The molecule has 0 saturated heterocycles. The van der Waals surface area contributed by atoms with Crippen molar-refractivity contribution in [1.29, 1.82) is 0 Å². The molecule has 0 unspecified atom stereocenters. The summed E-state index contributed by atoms with van der Waals surface area (Å²) >= 11 is 0. The van der Waals surface area contributed by atoms with E-state index < -0.39 is 5.97 Å². The van der Waals surface area contributed by atoms with Gasteiger partial charge in [-0.1, -0.05) is 18.2 Å². The van der Waals surface area contributed by atoms with Gasteiger partial charge in [0.05, 0.1) is 12.3 Å². The number of azo groups is 1. The van der Waals surface area contributed by atoms with Crippen LogP contribution in [0.15, 0.2) is 76.3 Å². The van der Waals surface area contributed by atoms with Gasteiger partial charge in [-0.05, 0) is 50.2 Å². The van der Waals surface area contributed by atoms with E-state index in [1.165, 1.54) is 6.92 Å². The molecular formula is C19H19N3O4. The number of ether oxygens (including phenoxy) is 1. The third-order valence-electron chi connectivity index (χ3n) is 3.24. The van der Waals surface area contributed by atoms with Crippen molar-refractivity contribution in [2.75, 3.05) is 11.9 Å². The second-order valence-corrected chi connectivity index (χ2v) is 5.22. The van der Waals surface area contributed by atoms with Crippen LogP contribution in [0.5, 0.6) is 0 Å². The van der Waals surface area contributed by atoms with Crippen LogP contribution in [-0.2, 0) is 9.53 Å². The minimum atomic E-state index is -0.747. The molecule has 7 nitrogen and oxygen atoms in total. The number of rotatable bonds is 6. The Morgan fingerprint density at radius 1 is 1.08 bits per heavy atom. The number of aliphatic hydroxyl groups excluding tert-OH is 1. The Balaban J connectivity index is 2.06. The van der Waals surface area contributed by atoms with E-state index in [0.29, 0.717) is 16.9 Å². The first kappa shape index (κ1) is 18.9. The molecule has 0 bridgehead atoms. The van der Waals surface area contributed by atoms with Gasteiger partial charge >= 0.3 is 5.97 Å². The van der Waals surface area contributed by atoms with Gasteiger partial charge < -0.3 is 15.2 Å². The minimum absolute atomic E-state index is 0.168. The first-order valence-corrected chi connectivity index (χ1v) is 7.96. The summed E-state index contributed by atoms with van der Waals surface area (Å²) in [5.74, 6) is -1.25. The highest BCUT2D eigenvalue weighted by Crippen LogP contribution is 2.19. The number of nitrogens with zero attached hydrogens (tertiary/aromatic N) is 2. The van der Waals surface area contributed by atoms with Crippen molar-refractivity contribution >= 4 is 23.3 Å². The van der Waals surface area contributed by atoms with E-state index >= 15 is 0 Å². The minimum Gasteiger partial charge on any atom is -0.510 e. The molecular weight excluding hydrogens is 334 g/mol. The highest BCUT2D eigenvalue weighted by Gasteiger charge is 2.13.